The van der Waals surface area contributed by atoms with Gasteiger partial charge in [0.05, 0.1) is 5.92 Å². The number of carbonyl (C=O) groups is 1. The van der Waals surface area contributed by atoms with Crippen LogP contribution in [0.1, 0.15) is 33.6 Å². The molecule has 87 valence electrons. The summed E-state index contributed by atoms with van der Waals surface area (Å²) in [5.74, 6) is 0.00169. The first-order valence-corrected chi connectivity index (χ1v) is 5.67. The Bertz CT molecular complexity index is 214. The molecule has 1 N–H and O–H groups in total. The number of nitrogens with one attached hydrogen (secondary N) is 1. The number of ether oxygens (including phenoxy) is 1. The van der Waals surface area contributed by atoms with Gasteiger partial charge in [0, 0.05) is 0 Å². The summed E-state index contributed by atoms with van der Waals surface area (Å²) in [7, 11) is 0. The average molecular weight is 212 g/mol. The molecular formula is C12H22NO2. The highest BCUT2D eigenvalue weighted by atomic mass is 16.6. The van der Waals surface area contributed by atoms with Crippen LogP contribution in [0.2, 0.25) is 0 Å². The predicted octanol–water partition coefficient (Wildman–Crippen LogP) is 1.78. The molecule has 0 aromatic rings. The molecule has 1 rings (SSSR count). The first kappa shape index (κ1) is 12.5. The Morgan fingerprint density at radius 2 is 1.93 bits per heavy atom. The molecule has 1 aliphatic rings. The number of hydrogen-bond acceptors (Lipinski definition) is 3. The van der Waals surface area contributed by atoms with Crippen LogP contribution in [-0.4, -0.2) is 24.7 Å². The molecule has 3 heteroatoms. The second kappa shape index (κ2) is 4.97. The Labute approximate surface area is 92.6 Å². The summed E-state index contributed by atoms with van der Waals surface area (Å²) >= 11 is 0. The largest absolute Gasteiger partial charge is 0.460 e. The van der Waals surface area contributed by atoms with Gasteiger partial charge in [0.1, 0.15) is 5.60 Å². The fourth-order valence-corrected chi connectivity index (χ4v) is 1.82. The molecule has 1 saturated heterocycles. The van der Waals surface area contributed by atoms with Gasteiger partial charge in [-0.15, -0.1) is 0 Å². The van der Waals surface area contributed by atoms with Crippen LogP contribution >= 0.6 is 0 Å². The van der Waals surface area contributed by atoms with Crippen LogP contribution in [0.4, 0.5) is 0 Å². The molecule has 3 nitrogen and oxygen atoms in total. The number of piperidine rings is 1. The first-order valence-electron chi connectivity index (χ1n) is 5.67. The minimum absolute atomic E-state index is 0.158. The predicted molar refractivity (Wildman–Crippen MR) is 60.3 cm³/mol. The van der Waals surface area contributed by atoms with E-state index in [0.29, 0.717) is 5.92 Å². The Hall–Kier alpha value is -0.570. The smallest absolute Gasteiger partial charge is 0.309 e. The Balaban J connectivity index is 2.44. The Morgan fingerprint density at radius 3 is 2.40 bits per heavy atom. The fraction of sp³-hybridized carbons (Fsp3) is 0.833. The second-order valence-electron chi connectivity index (χ2n) is 5.23. The number of hydrogen-bond donors (Lipinski definition) is 1. The standard InChI is InChI=1S/C12H22NO2/c1-9(10-5-7-13-8-6-10)11(14)15-12(2,3)4/h9-10,13H,1,5-8H2,2-4H3. The van der Waals surface area contributed by atoms with Gasteiger partial charge in [0.2, 0.25) is 0 Å². The van der Waals surface area contributed by atoms with E-state index >= 15 is 0 Å². The maximum Gasteiger partial charge on any atom is 0.309 e. The molecule has 0 aromatic carbocycles. The van der Waals surface area contributed by atoms with Crippen molar-refractivity contribution in [3.05, 3.63) is 6.92 Å². The van der Waals surface area contributed by atoms with Crippen molar-refractivity contribution in [2.24, 2.45) is 11.8 Å². The molecule has 0 bridgehead atoms. The SMILES string of the molecule is [CH2]C(C(=O)OC(C)(C)C)C1CCNCC1. The van der Waals surface area contributed by atoms with Crippen LogP contribution in [0, 0.1) is 18.8 Å². The van der Waals surface area contributed by atoms with Gasteiger partial charge in [0.25, 0.3) is 0 Å². The number of rotatable bonds is 2. The molecule has 0 aromatic heterocycles. The molecule has 1 heterocycles. The summed E-state index contributed by atoms with van der Waals surface area (Å²) in [4.78, 5) is 11.8. The first-order chi connectivity index (χ1) is 6.90. The lowest BCUT2D eigenvalue weighted by Crippen LogP contribution is -2.36. The highest BCUT2D eigenvalue weighted by molar-refractivity contribution is 5.73. The normalized spacial score (nSPS) is 21.1. The molecule has 1 unspecified atom stereocenters. The van der Waals surface area contributed by atoms with Gasteiger partial charge in [-0.2, -0.15) is 0 Å². The topological polar surface area (TPSA) is 38.3 Å². The molecule has 1 radical (unpaired) electrons. The molecular weight excluding hydrogens is 190 g/mol. The van der Waals surface area contributed by atoms with Crippen LogP contribution in [-0.2, 0) is 9.53 Å². The quantitative estimate of drug-likeness (QED) is 0.709. The molecule has 1 aliphatic heterocycles. The van der Waals surface area contributed by atoms with E-state index in [9.17, 15) is 4.79 Å². The van der Waals surface area contributed by atoms with Crippen LogP contribution in [0.3, 0.4) is 0 Å². The summed E-state index contributed by atoms with van der Waals surface area (Å²) in [6.07, 6.45) is 2.04. The van der Waals surface area contributed by atoms with E-state index in [2.05, 4.69) is 12.2 Å². The lowest BCUT2D eigenvalue weighted by Gasteiger charge is -2.29. The molecule has 0 aliphatic carbocycles. The van der Waals surface area contributed by atoms with Gasteiger partial charge in [-0.1, -0.05) is 0 Å². The Morgan fingerprint density at radius 1 is 1.40 bits per heavy atom. The maximum absolute atomic E-state index is 11.8. The van der Waals surface area contributed by atoms with Crippen LogP contribution in [0.5, 0.6) is 0 Å². The van der Waals surface area contributed by atoms with Gasteiger partial charge < -0.3 is 10.1 Å². The summed E-state index contributed by atoms with van der Waals surface area (Å²) < 4.78 is 5.33. The van der Waals surface area contributed by atoms with Gasteiger partial charge in [-0.3, -0.25) is 4.79 Å². The second-order valence-corrected chi connectivity index (χ2v) is 5.23. The van der Waals surface area contributed by atoms with Crippen molar-refractivity contribution in [1.82, 2.24) is 5.32 Å². The van der Waals surface area contributed by atoms with Crippen LogP contribution in [0.15, 0.2) is 0 Å². The Kier molecular flexibility index (Phi) is 4.14. The summed E-state index contributed by atoms with van der Waals surface area (Å²) in [6.45, 7) is 11.6. The summed E-state index contributed by atoms with van der Waals surface area (Å²) in [6, 6.07) is 0. The molecule has 15 heavy (non-hydrogen) atoms. The zero-order valence-electron chi connectivity index (χ0n) is 10.0. The molecule has 0 saturated carbocycles. The lowest BCUT2D eigenvalue weighted by molar-refractivity contribution is -0.160. The molecule has 1 fully saturated rings. The van der Waals surface area contributed by atoms with E-state index in [-0.39, 0.29) is 11.9 Å². The van der Waals surface area contributed by atoms with Crippen molar-refractivity contribution >= 4 is 5.97 Å². The van der Waals surface area contributed by atoms with Crippen molar-refractivity contribution in [3.8, 4) is 0 Å². The van der Waals surface area contributed by atoms with E-state index in [1.165, 1.54) is 0 Å². The van der Waals surface area contributed by atoms with E-state index in [1.54, 1.807) is 0 Å². The van der Waals surface area contributed by atoms with Crippen molar-refractivity contribution in [1.29, 1.82) is 0 Å². The van der Waals surface area contributed by atoms with Crippen molar-refractivity contribution in [3.63, 3.8) is 0 Å². The summed E-state index contributed by atoms with van der Waals surface area (Å²) in [5, 5.41) is 3.28. The van der Waals surface area contributed by atoms with E-state index in [0.717, 1.165) is 25.9 Å². The molecule has 1 atom stereocenters. The number of esters is 1. The van der Waals surface area contributed by atoms with E-state index < -0.39 is 5.60 Å². The third-order valence-corrected chi connectivity index (χ3v) is 2.66. The third kappa shape index (κ3) is 4.20. The van der Waals surface area contributed by atoms with Crippen LogP contribution < -0.4 is 5.32 Å². The van der Waals surface area contributed by atoms with Gasteiger partial charge >= 0.3 is 5.97 Å². The minimum Gasteiger partial charge on any atom is -0.460 e. The fourth-order valence-electron chi connectivity index (χ4n) is 1.82. The highest BCUT2D eigenvalue weighted by Gasteiger charge is 2.29. The van der Waals surface area contributed by atoms with Gasteiger partial charge in [-0.05, 0) is 59.5 Å². The number of carbonyl (C=O) groups excluding carboxylic acids is 1. The highest BCUT2D eigenvalue weighted by Crippen LogP contribution is 2.24. The van der Waals surface area contributed by atoms with Crippen LogP contribution in [0.25, 0.3) is 0 Å². The van der Waals surface area contributed by atoms with Crippen molar-refractivity contribution in [2.75, 3.05) is 13.1 Å². The lowest BCUT2D eigenvalue weighted by atomic mass is 9.86. The molecule has 0 amide bonds. The zero-order valence-corrected chi connectivity index (χ0v) is 10.0. The maximum atomic E-state index is 11.8. The minimum atomic E-state index is -0.403. The van der Waals surface area contributed by atoms with Crippen molar-refractivity contribution < 1.29 is 9.53 Å². The monoisotopic (exact) mass is 212 g/mol. The average Bonchev–Trinajstić information content (AvgIpc) is 2.15. The molecule has 0 spiro atoms. The van der Waals surface area contributed by atoms with E-state index in [1.807, 2.05) is 20.8 Å². The van der Waals surface area contributed by atoms with Gasteiger partial charge in [-0.25, -0.2) is 0 Å². The zero-order chi connectivity index (χ0) is 11.5. The van der Waals surface area contributed by atoms with Gasteiger partial charge in [0.15, 0.2) is 0 Å². The third-order valence-electron chi connectivity index (χ3n) is 2.66. The summed E-state index contributed by atoms with van der Waals surface area (Å²) in [5.41, 5.74) is -0.403. The van der Waals surface area contributed by atoms with E-state index in [4.69, 9.17) is 4.74 Å². The van der Waals surface area contributed by atoms with Crippen molar-refractivity contribution in [2.45, 2.75) is 39.2 Å².